The molecular formula is C18H33N3. The second kappa shape index (κ2) is 6.95. The second-order valence-electron chi connectivity index (χ2n) is 7.48. The largest absolute Gasteiger partial charge is 0.335 e. The van der Waals surface area contributed by atoms with Crippen LogP contribution in [0.1, 0.15) is 59.7 Å². The molecule has 3 atom stereocenters. The van der Waals surface area contributed by atoms with Crippen LogP contribution >= 0.6 is 0 Å². The fourth-order valence-corrected chi connectivity index (χ4v) is 4.14. The molecule has 1 saturated carbocycles. The molecule has 1 fully saturated rings. The average Bonchev–Trinajstić information content (AvgIpc) is 2.85. The van der Waals surface area contributed by atoms with Gasteiger partial charge < -0.3 is 9.88 Å². The Morgan fingerprint density at radius 2 is 2.10 bits per heavy atom. The zero-order chi connectivity index (χ0) is 15.5. The Balaban J connectivity index is 2.12. The van der Waals surface area contributed by atoms with E-state index < -0.39 is 0 Å². The quantitative estimate of drug-likeness (QED) is 0.862. The van der Waals surface area contributed by atoms with Crippen LogP contribution in [0.15, 0.2) is 12.4 Å². The third kappa shape index (κ3) is 3.88. The van der Waals surface area contributed by atoms with Gasteiger partial charge in [0.15, 0.2) is 0 Å². The van der Waals surface area contributed by atoms with E-state index in [1.165, 1.54) is 25.1 Å². The molecule has 1 aliphatic carbocycles. The second-order valence-corrected chi connectivity index (χ2v) is 7.48. The monoisotopic (exact) mass is 291 g/mol. The van der Waals surface area contributed by atoms with Crippen LogP contribution in [0, 0.1) is 17.3 Å². The summed E-state index contributed by atoms with van der Waals surface area (Å²) in [5.74, 6) is 2.85. The summed E-state index contributed by atoms with van der Waals surface area (Å²) in [4.78, 5) is 4.60. The number of aryl methyl sites for hydroxylation is 1. The maximum Gasteiger partial charge on any atom is 0.109 e. The van der Waals surface area contributed by atoms with Crippen molar-refractivity contribution >= 4 is 0 Å². The Hall–Kier alpha value is -0.830. The summed E-state index contributed by atoms with van der Waals surface area (Å²) in [5, 5.41) is 3.75. The van der Waals surface area contributed by atoms with E-state index in [0.29, 0.717) is 11.5 Å². The molecule has 2 rings (SSSR count). The van der Waals surface area contributed by atoms with Crippen molar-refractivity contribution in [2.24, 2.45) is 17.3 Å². The van der Waals surface area contributed by atoms with Crippen LogP contribution in [0.3, 0.4) is 0 Å². The Morgan fingerprint density at radius 1 is 1.33 bits per heavy atom. The first-order valence-electron chi connectivity index (χ1n) is 8.71. The highest BCUT2D eigenvalue weighted by atomic mass is 15.1. The van der Waals surface area contributed by atoms with Gasteiger partial charge in [0.05, 0.1) is 0 Å². The Bertz CT molecular complexity index is 435. The number of aromatic nitrogens is 2. The number of imidazole rings is 1. The predicted molar refractivity (Wildman–Crippen MR) is 89.4 cm³/mol. The highest BCUT2D eigenvalue weighted by molar-refractivity contribution is 5.01. The van der Waals surface area contributed by atoms with Gasteiger partial charge in [0.2, 0.25) is 0 Å². The molecule has 3 heteroatoms. The van der Waals surface area contributed by atoms with Crippen LogP contribution in [-0.2, 0) is 13.0 Å². The van der Waals surface area contributed by atoms with Crippen molar-refractivity contribution in [1.82, 2.24) is 14.9 Å². The molecule has 0 saturated heterocycles. The molecule has 1 N–H and O–H groups in total. The third-order valence-corrected chi connectivity index (χ3v) is 5.34. The average molecular weight is 291 g/mol. The summed E-state index contributed by atoms with van der Waals surface area (Å²) in [5.41, 5.74) is 0.297. The lowest BCUT2D eigenvalue weighted by atomic mass is 9.65. The number of hydrogen-bond donors (Lipinski definition) is 1. The first-order chi connectivity index (χ1) is 9.97. The molecular weight excluding hydrogens is 258 g/mol. The molecule has 0 amide bonds. The van der Waals surface area contributed by atoms with E-state index in [4.69, 9.17) is 0 Å². The maximum atomic E-state index is 4.60. The van der Waals surface area contributed by atoms with Crippen molar-refractivity contribution in [3.05, 3.63) is 18.2 Å². The van der Waals surface area contributed by atoms with Crippen molar-refractivity contribution in [3.8, 4) is 0 Å². The molecule has 0 aromatic carbocycles. The standard InChI is InChI=1S/C18H33N3/c1-6-19-16-12-14(3)8-9-15(16)18(4,5)13-17-20-10-11-21(17)7-2/h10-11,14-16,19H,6-9,12-13H2,1-5H3. The first-order valence-corrected chi connectivity index (χ1v) is 8.71. The lowest BCUT2D eigenvalue weighted by Gasteiger charge is -2.44. The molecule has 1 aliphatic rings. The number of rotatable bonds is 6. The van der Waals surface area contributed by atoms with Crippen LogP contribution in [0.25, 0.3) is 0 Å². The van der Waals surface area contributed by atoms with Crippen molar-refractivity contribution in [2.45, 2.75) is 72.9 Å². The molecule has 3 nitrogen and oxygen atoms in total. The smallest absolute Gasteiger partial charge is 0.109 e. The van der Waals surface area contributed by atoms with Gasteiger partial charge in [0, 0.05) is 31.4 Å². The van der Waals surface area contributed by atoms with Crippen LogP contribution in [0.5, 0.6) is 0 Å². The van der Waals surface area contributed by atoms with Gasteiger partial charge in [-0.3, -0.25) is 0 Å². The molecule has 0 spiro atoms. The minimum Gasteiger partial charge on any atom is -0.335 e. The number of nitrogens with one attached hydrogen (secondary N) is 1. The fourth-order valence-electron chi connectivity index (χ4n) is 4.14. The van der Waals surface area contributed by atoms with Gasteiger partial charge in [0.1, 0.15) is 5.82 Å². The van der Waals surface area contributed by atoms with E-state index in [-0.39, 0.29) is 0 Å². The van der Waals surface area contributed by atoms with E-state index in [1.54, 1.807) is 0 Å². The maximum absolute atomic E-state index is 4.60. The molecule has 120 valence electrons. The molecule has 21 heavy (non-hydrogen) atoms. The normalized spacial score (nSPS) is 27.0. The number of hydrogen-bond acceptors (Lipinski definition) is 2. The molecule has 3 unspecified atom stereocenters. The van der Waals surface area contributed by atoms with Crippen LogP contribution in [-0.4, -0.2) is 22.1 Å². The minimum atomic E-state index is 0.297. The van der Waals surface area contributed by atoms with E-state index in [9.17, 15) is 0 Å². The minimum absolute atomic E-state index is 0.297. The zero-order valence-corrected chi connectivity index (χ0v) is 14.5. The molecule has 0 aliphatic heterocycles. The van der Waals surface area contributed by atoms with Gasteiger partial charge in [-0.05, 0) is 43.6 Å². The molecule has 1 heterocycles. The van der Waals surface area contributed by atoms with Gasteiger partial charge in [0.25, 0.3) is 0 Å². The van der Waals surface area contributed by atoms with Crippen molar-refractivity contribution in [2.75, 3.05) is 6.54 Å². The number of nitrogens with zero attached hydrogens (tertiary/aromatic N) is 2. The summed E-state index contributed by atoms with van der Waals surface area (Å²) in [7, 11) is 0. The van der Waals surface area contributed by atoms with Gasteiger partial charge in [-0.25, -0.2) is 4.98 Å². The summed E-state index contributed by atoms with van der Waals surface area (Å²) in [6.45, 7) is 13.8. The lowest BCUT2D eigenvalue weighted by molar-refractivity contribution is 0.0926. The molecule has 0 bridgehead atoms. The molecule has 0 radical (unpaired) electrons. The summed E-state index contributed by atoms with van der Waals surface area (Å²) in [6.07, 6.45) is 9.17. The Kier molecular flexibility index (Phi) is 5.48. The van der Waals surface area contributed by atoms with Gasteiger partial charge in [-0.2, -0.15) is 0 Å². The zero-order valence-electron chi connectivity index (χ0n) is 14.5. The van der Waals surface area contributed by atoms with Crippen LogP contribution < -0.4 is 5.32 Å². The van der Waals surface area contributed by atoms with Crippen molar-refractivity contribution in [3.63, 3.8) is 0 Å². The Labute approximate surface area is 130 Å². The van der Waals surface area contributed by atoms with E-state index in [0.717, 1.165) is 31.3 Å². The SMILES string of the molecule is CCNC1CC(C)CCC1C(C)(C)Cc1nccn1CC. The van der Waals surface area contributed by atoms with Crippen LogP contribution in [0.4, 0.5) is 0 Å². The van der Waals surface area contributed by atoms with Gasteiger partial charge >= 0.3 is 0 Å². The van der Waals surface area contributed by atoms with E-state index in [1.807, 2.05) is 6.20 Å². The molecule has 1 aromatic heterocycles. The third-order valence-electron chi connectivity index (χ3n) is 5.34. The van der Waals surface area contributed by atoms with Crippen molar-refractivity contribution < 1.29 is 0 Å². The molecule has 1 aromatic rings. The first kappa shape index (κ1) is 16.5. The topological polar surface area (TPSA) is 29.9 Å². The van der Waals surface area contributed by atoms with Gasteiger partial charge in [-0.1, -0.05) is 34.1 Å². The van der Waals surface area contributed by atoms with Gasteiger partial charge in [-0.15, -0.1) is 0 Å². The van der Waals surface area contributed by atoms with Crippen molar-refractivity contribution in [1.29, 1.82) is 0 Å². The summed E-state index contributed by atoms with van der Waals surface area (Å²) in [6, 6.07) is 0.666. The van der Waals surface area contributed by atoms with E-state index in [2.05, 4.69) is 55.7 Å². The van der Waals surface area contributed by atoms with Crippen LogP contribution in [0.2, 0.25) is 0 Å². The lowest BCUT2D eigenvalue weighted by Crippen LogP contribution is -2.47. The predicted octanol–water partition coefficient (Wildman–Crippen LogP) is 3.89. The fraction of sp³-hybridized carbons (Fsp3) is 0.833. The van der Waals surface area contributed by atoms with E-state index >= 15 is 0 Å². The highest BCUT2D eigenvalue weighted by Crippen LogP contribution is 2.42. The highest BCUT2D eigenvalue weighted by Gasteiger charge is 2.39. The summed E-state index contributed by atoms with van der Waals surface area (Å²) >= 11 is 0. The summed E-state index contributed by atoms with van der Waals surface area (Å²) < 4.78 is 2.29. The Morgan fingerprint density at radius 3 is 2.76 bits per heavy atom.